The van der Waals surface area contributed by atoms with E-state index in [4.69, 9.17) is 0 Å². The van der Waals surface area contributed by atoms with Gasteiger partial charge in [-0.2, -0.15) is 0 Å². The van der Waals surface area contributed by atoms with E-state index in [9.17, 15) is 0 Å². The molecule has 0 aliphatic carbocycles. The van der Waals surface area contributed by atoms with Crippen molar-refractivity contribution in [3.05, 3.63) is 0 Å². The quantitative estimate of drug-likeness (QED) is 0.351. The Hall–Kier alpha value is 1.79. The van der Waals surface area contributed by atoms with Crippen LogP contribution in [0.2, 0.25) is 0 Å². The number of hydrogen-bond acceptors (Lipinski definition) is 2. The average Bonchev–Trinajstić information content (AvgIpc) is 1.35. The van der Waals surface area contributed by atoms with Gasteiger partial charge in [0, 0.05) is 0 Å². The maximum atomic E-state index is 4.62. The fraction of sp³-hybridized carbons (Fsp3) is 0.667. The topological polar surface area (TPSA) is 0 Å². The summed E-state index contributed by atoms with van der Waals surface area (Å²) in [4.78, 5) is 0. The van der Waals surface area contributed by atoms with Crippen molar-refractivity contribution >= 4 is 69.7 Å². The Labute approximate surface area is 81.5 Å². The molecule has 4 heteroatoms. The van der Waals surface area contributed by atoms with Crippen LogP contribution < -0.4 is 0 Å². The van der Waals surface area contributed by atoms with Crippen molar-refractivity contribution in [2.45, 2.75) is 6.92 Å². The third-order valence-corrected chi connectivity index (χ3v) is 1.54. The Balaban J connectivity index is 0. The summed E-state index contributed by atoms with van der Waals surface area (Å²) < 4.78 is 0.734. The number of hydrogen-bond donors (Lipinski definition) is 1. The number of thiocarbonyl (C=S) groups is 1. The van der Waals surface area contributed by atoms with Crippen molar-refractivity contribution in [1.29, 1.82) is 0 Å². The molecule has 0 aliphatic heterocycles. The first-order valence-electron chi connectivity index (χ1n) is 1.63. The van der Waals surface area contributed by atoms with Crippen LogP contribution in [0, 0.1) is 0 Å². The van der Waals surface area contributed by atoms with Crippen molar-refractivity contribution in [3.8, 4) is 0 Å². The standard InChI is InChI=1S/C3H6S3.Na.H/c1-2-6-3(4)5;;/h2H2,1H3,(H,4,5);;. The van der Waals surface area contributed by atoms with E-state index in [2.05, 4.69) is 24.8 Å². The van der Waals surface area contributed by atoms with Gasteiger partial charge in [0.25, 0.3) is 0 Å². The number of rotatable bonds is 1. The summed E-state index contributed by atoms with van der Waals surface area (Å²) in [6.07, 6.45) is 0. The van der Waals surface area contributed by atoms with E-state index >= 15 is 0 Å². The summed E-state index contributed by atoms with van der Waals surface area (Å²) in [5, 5.41) is 0. The normalized spacial score (nSPS) is 7.14. The second-order valence-electron chi connectivity index (χ2n) is 0.699. The van der Waals surface area contributed by atoms with Crippen LogP contribution in [0.5, 0.6) is 0 Å². The van der Waals surface area contributed by atoms with Gasteiger partial charge in [-0.25, -0.2) is 0 Å². The van der Waals surface area contributed by atoms with Gasteiger partial charge in [0.15, 0.2) is 0 Å². The van der Waals surface area contributed by atoms with Crippen molar-refractivity contribution in [2.24, 2.45) is 0 Å². The number of thioether (sulfide) groups is 1. The average molecular weight is 162 g/mol. The molecule has 0 saturated heterocycles. The Bertz CT molecular complexity index is 54.1. The molecule has 38 valence electrons. The third kappa shape index (κ3) is 11.4. The van der Waals surface area contributed by atoms with Crippen LogP contribution >= 0.6 is 36.6 Å². The fourth-order valence-electron chi connectivity index (χ4n) is 0.123. The molecule has 0 aromatic heterocycles. The Morgan fingerprint density at radius 3 is 2.29 bits per heavy atom. The zero-order valence-electron chi connectivity index (χ0n) is 3.47. The Morgan fingerprint density at radius 1 is 1.86 bits per heavy atom. The van der Waals surface area contributed by atoms with Gasteiger partial charge in [0.05, 0.1) is 0 Å². The van der Waals surface area contributed by atoms with Crippen LogP contribution in [0.15, 0.2) is 0 Å². The molecule has 0 heterocycles. The van der Waals surface area contributed by atoms with Gasteiger partial charge >= 0.3 is 29.6 Å². The van der Waals surface area contributed by atoms with E-state index in [1.807, 2.05) is 6.92 Å². The molecule has 0 amide bonds. The first kappa shape index (κ1) is 11.6. The minimum absolute atomic E-state index is 0. The molecule has 0 nitrogen and oxygen atoms in total. The van der Waals surface area contributed by atoms with Gasteiger partial charge in [-0.05, 0) is 5.75 Å². The Kier molecular flexibility index (Phi) is 12.9. The zero-order valence-corrected chi connectivity index (χ0v) is 6.00. The van der Waals surface area contributed by atoms with Gasteiger partial charge in [-0.15, -0.1) is 24.4 Å². The monoisotopic (exact) mass is 162 g/mol. The molecule has 0 unspecified atom stereocenters. The SMILES string of the molecule is CCSC(=S)S.[NaH]. The van der Waals surface area contributed by atoms with E-state index in [0.717, 1.165) is 9.28 Å². The van der Waals surface area contributed by atoms with Crippen molar-refractivity contribution in [2.75, 3.05) is 5.75 Å². The molecular weight excluding hydrogens is 155 g/mol. The summed E-state index contributed by atoms with van der Waals surface area (Å²) in [5.41, 5.74) is 0. The van der Waals surface area contributed by atoms with Gasteiger partial charge in [-0.1, -0.05) is 19.1 Å². The summed E-state index contributed by atoms with van der Waals surface area (Å²) >= 11 is 10.1. The van der Waals surface area contributed by atoms with Crippen molar-refractivity contribution < 1.29 is 0 Å². The first-order chi connectivity index (χ1) is 2.77. The molecule has 0 N–H and O–H groups in total. The number of thiol groups is 1. The summed E-state index contributed by atoms with van der Waals surface area (Å²) in [5.74, 6) is 1.03. The molecule has 0 atom stereocenters. The minimum atomic E-state index is 0. The second-order valence-corrected chi connectivity index (χ2v) is 3.69. The van der Waals surface area contributed by atoms with Crippen LogP contribution in [0.1, 0.15) is 6.92 Å². The molecule has 0 bridgehead atoms. The molecular formula is C3H7NaS3. The van der Waals surface area contributed by atoms with Crippen LogP contribution in [-0.4, -0.2) is 38.8 Å². The molecule has 0 radical (unpaired) electrons. The van der Waals surface area contributed by atoms with Crippen molar-refractivity contribution in [1.82, 2.24) is 0 Å². The van der Waals surface area contributed by atoms with E-state index in [1.54, 1.807) is 11.8 Å². The van der Waals surface area contributed by atoms with Crippen LogP contribution in [0.3, 0.4) is 0 Å². The predicted octanol–water partition coefficient (Wildman–Crippen LogP) is 1.31. The molecule has 0 saturated carbocycles. The molecule has 0 aliphatic rings. The third-order valence-electron chi connectivity index (χ3n) is 0.268. The van der Waals surface area contributed by atoms with Gasteiger partial charge in [0.2, 0.25) is 0 Å². The maximum absolute atomic E-state index is 4.62. The van der Waals surface area contributed by atoms with Gasteiger partial charge in [0.1, 0.15) is 3.53 Å². The second kappa shape index (κ2) is 7.79. The molecule has 7 heavy (non-hydrogen) atoms. The summed E-state index contributed by atoms with van der Waals surface area (Å²) in [6.45, 7) is 2.05. The molecule has 0 aromatic rings. The van der Waals surface area contributed by atoms with E-state index in [1.165, 1.54) is 0 Å². The first-order valence-corrected chi connectivity index (χ1v) is 3.47. The van der Waals surface area contributed by atoms with Crippen LogP contribution in [0.25, 0.3) is 0 Å². The van der Waals surface area contributed by atoms with E-state index in [0.29, 0.717) is 0 Å². The van der Waals surface area contributed by atoms with E-state index in [-0.39, 0.29) is 29.6 Å². The molecule has 0 spiro atoms. The molecule has 0 fully saturated rings. The van der Waals surface area contributed by atoms with Crippen LogP contribution in [-0.2, 0) is 0 Å². The van der Waals surface area contributed by atoms with Gasteiger partial charge < -0.3 is 0 Å². The van der Waals surface area contributed by atoms with Crippen LogP contribution in [0.4, 0.5) is 0 Å². The molecule has 0 aromatic carbocycles. The summed E-state index contributed by atoms with van der Waals surface area (Å²) in [7, 11) is 0. The predicted molar refractivity (Wildman–Crippen MR) is 46.9 cm³/mol. The summed E-state index contributed by atoms with van der Waals surface area (Å²) in [6, 6.07) is 0. The van der Waals surface area contributed by atoms with Crippen molar-refractivity contribution in [3.63, 3.8) is 0 Å². The Morgan fingerprint density at radius 2 is 2.29 bits per heavy atom. The van der Waals surface area contributed by atoms with Gasteiger partial charge in [-0.3, -0.25) is 0 Å². The fourth-order valence-corrected chi connectivity index (χ4v) is 1.11. The van der Waals surface area contributed by atoms with E-state index < -0.39 is 0 Å². The molecule has 0 rings (SSSR count). The zero-order chi connectivity index (χ0) is 4.99.